The van der Waals surface area contributed by atoms with Crippen molar-refractivity contribution >= 4 is 17.8 Å². The third-order valence-corrected chi connectivity index (χ3v) is 7.12. The highest BCUT2D eigenvalue weighted by atomic mass is 31.2. The first-order valence-electron chi connectivity index (χ1n) is 6.88. The van der Waals surface area contributed by atoms with Gasteiger partial charge in [0.05, 0.1) is 0 Å². The predicted molar refractivity (Wildman–Crippen MR) is 87.5 cm³/mol. The van der Waals surface area contributed by atoms with Gasteiger partial charge in [0.2, 0.25) is 0 Å². The van der Waals surface area contributed by atoms with Crippen molar-refractivity contribution in [2.75, 3.05) is 12.7 Å². The van der Waals surface area contributed by atoms with Gasteiger partial charge >= 0.3 is 0 Å². The Morgan fingerprint density at radius 3 is 1.65 bits per heavy atom. The Labute approximate surface area is 121 Å². The Morgan fingerprint density at radius 2 is 1.30 bits per heavy atom. The van der Waals surface area contributed by atoms with E-state index in [0.29, 0.717) is 12.7 Å². The summed E-state index contributed by atoms with van der Waals surface area (Å²) in [5.74, 6) is 0. The Bertz CT molecular complexity index is 549. The summed E-state index contributed by atoms with van der Waals surface area (Å²) in [6, 6.07) is 19.5. The van der Waals surface area contributed by atoms with E-state index in [1.54, 1.807) is 0 Å². The Balaban J connectivity index is 2.53. The Kier molecular flexibility index (Phi) is 4.47. The van der Waals surface area contributed by atoms with Crippen LogP contribution in [0.1, 0.15) is 13.8 Å². The van der Waals surface area contributed by atoms with Crippen molar-refractivity contribution in [2.24, 2.45) is 11.1 Å². The summed E-state index contributed by atoms with van der Waals surface area (Å²) in [6.45, 7) is 4.67. The molecule has 2 rings (SSSR count). The average Bonchev–Trinajstić information content (AvgIpc) is 2.48. The molecule has 0 saturated heterocycles. The number of rotatable bonds is 5. The molecular formula is C17H22NOP. The van der Waals surface area contributed by atoms with Crippen molar-refractivity contribution in [2.45, 2.75) is 13.8 Å². The van der Waals surface area contributed by atoms with Crippen LogP contribution in [0.15, 0.2) is 60.7 Å². The van der Waals surface area contributed by atoms with E-state index in [-0.39, 0.29) is 5.41 Å². The first-order chi connectivity index (χ1) is 9.48. The van der Waals surface area contributed by atoms with E-state index in [9.17, 15) is 4.57 Å². The molecule has 0 fully saturated rings. The van der Waals surface area contributed by atoms with Crippen LogP contribution in [-0.4, -0.2) is 12.7 Å². The van der Waals surface area contributed by atoms with Crippen LogP contribution >= 0.6 is 7.14 Å². The minimum atomic E-state index is -2.64. The predicted octanol–water partition coefficient (Wildman–Crippen LogP) is 2.99. The van der Waals surface area contributed by atoms with Crippen LogP contribution in [0.3, 0.4) is 0 Å². The van der Waals surface area contributed by atoms with Crippen molar-refractivity contribution in [3.63, 3.8) is 0 Å². The summed E-state index contributed by atoms with van der Waals surface area (Å²) in [5, 5.41) is 1.82. The molecule has 2 nitrogen and oxygen atoms in total. The maximum Gasteiger partial charge on any atom is 0.143 e. The van der Waals surface area contributed by atoms with Crippen LogP contribution in [0, 0.1) is 5.41 Å². The fraction of sp³-hybridized carbons (Fsp3) is 0.294. The summed E-state index contributed by atoms with van der Waals surface area (Å²) in [7, 11) is -2.64. The summed E-state index contributed by atoms with van der Waals surface area (Å²) in [5.41, 5.74) is 5.70. The van der Waals surface area contributed by atoms with Crippen LogP contribution < -0.4 is 16.3 Å². The molecular weight excluding hydrogens is 265 g/mol. The van der Waals surface area contributed by atoms with E-state index in [1.807, 2.05) is 60.7 Å². The van der Waals surface area contributed by atoms with Gasteiger partial charge in [0.25, 0.3) is 0 Å². The average molecular weight is 287 g/mol. The molecule has 3 heteroatoms. The molecule has 2 N–H and O–H groups in total. The summed E-state index contributed by atoms with van der Waals surface area (Å²) in [6.07, 6.45) is 0.588. The second-order valence-electron chi connectivity index (χ2n) is 5.94. The summed E-state index contributed by atoms with van der Waals surface area (Å²) < 4.78 is 13.7. The van der Waals surface area contributed by atoms with Crippen LogP contribution in [0.25, 0.3) is 0 Å². The number of nitrogens with two attached hydrogens (primary N) is 1. The molecule has 0 atom stereocenters. The molecule has 2 aromatic carbocycles. The molecule has 20 heavy (non-hydrogen) atoms. The monoisotopic (exact) mass is 287 g/mol. The highest BCUT2D eigenvalue weighted by molar-refractivity contribution is 7.78. The van der Waals surface area contributed by atoms with Crippen LogP contribution in [0.5, 0.6) is 0 Å². The minimum absolute atomic E-state index is 0.152. The summed E-state index contributed by atoms with van der Waals surface area (Å²) >= 11 is 0. The lowest BCUT2D eigenvalue weighted by molar-refractivity contribution is 0.428. The highest BCUT2D eigenvalue weighted by Crippen LogP contribution is 2.47. The smallest absolute Gasteiger partial charge is 0.143 e. The molecule has 0 unspecified atom stereocenters. The van der Waals surface area contributed by atoms with Crippen LogP contribution in [0.2, 0.25) is 0 Å². The molecule has 2 aromatic rings. The van der Waals surface area contributed by atoms with Crippen molar-refractivity contribution in [3.05, 3.63) is 60.7 Å². The minimum Gasteiger partial charge on any atom is -0.330 e. The lowest BCUT2D eigenvalue weighted by Gasteiger charge is -2.29. The zero-order valence-corrected chi connectivity index (χ0v) is 13.0. The van der Waals surface area contributed by atoms with Crippen molar-refractivity contribution in [3.8, 4) is 0 Å². The van der Waals surface area contributed by atoms with E-state index < -0.39 is 7.14 Å². The van der Waals surface area contributed by atoms with Crippen molar-refractivity contribution in [1.82, 2.24) is 0 Å². The van der Waals surface area contributed by atoms with Crippen molar-refractivity contribution in [1.29, 1.82) is 0 Å². The highest BCUT2D eigenvalue weighted by Gasteiger charge is 2.33. The molecule has 0 saturated carbocycles. The Hall–Kier alpha value is -1.37. The Morgan fingerprint density at radius 1 is 0.900 bits per heavy atom. The third kappa shape index (κ3) is 3.20. The third-order valence-electron chi connectivity index (χ3n) is 3.55. The quantitative estimate of drug-likeness (QED) is 0.859. The van der Waals surface area contributed by atoms with E-state index in [0.717, 1.165) is 10.6 Å². The lowest BCUT2D eigenvalue weighted by Crippen LogP contribution is -2.32. The fourth-order valence-corrected chi connectivity index (χ4v) is 5.64. The van der Waals surface area contributed by atoms with Crippen LogP contribution in [-0.2, 0) is 4.57 Å². The van der Waals surface area contributed by atoms with E-state index >= 15 is 0 Å². The molecule has 0 radical (unpaired) electrons. The summed E-state index contributed by atoms with van der Waals surface area (Å²) in [4.78, 5) is 0. The number of benzene rings is 2. The van der Waals surface area contributed by atoms with Gasteiger partial charge in [0, 0.05) is 16.8 Å². The number of hydrogen-bond acceptors (Lipinski definition) is 2. The molecule has 0 aliphatic rings. The van der Waals surface area contributed by atoms with Gasteiger partial charge < -0.3 is 10.3 Å². The molecule has 0 bridgehead atoms. The van der Waals surface area contributed by atoms with Gasteiger partial charge in [-0.2, -0.15) is 0 Å². The topological polar surface area (TPSA) is 43.1 Å². The van der Waals surface area contributed by atoms with Crippen molar-refractivity contribution < 1.29 is 4.57 Å². The van der Waals surface area contributed by atoms with Gasteiger partial charge in [0.15, 0.2) is 0 Å². The van der Waals surface area contributed by atoms with Gasteiger partial charge in [-0.05, 0) is 12.0 Å². The van der Waals surface area contributed by atoms with E-state index in [2.05, 4.69) is 13.8 Å². The molecule has 106 valence electrons. The first kappa shape index (κ1) is 15.0. The zero-order valence-electron chi connectivity index (χ0n) is 12.1. The maximum absolute atomic E-state index is 13.7. The molecule has 0 aliphatic carbocycles. The van der Waals surface area contributed by atoms with Crippen LogP contribution in [0.4, 0.5) is 0 Å². The van der Waals surface area contributed by atoms with Gasteiger partial charge in [-0.25, -0.2) is 0 Å². The van der Waals surface area contributed by atoms with Gasteiger partial charge in [-0.15, -0.1) is 0 Å². The number of hydrogen-bond donors (Lipinski definition) is 1. The standard InChI is InChI=1S/C17H22NOP/c1-17(2,13-18)14-20(19,15-9-5-3-6-10-15)16-11-7-4-8-12-16/h3-12H,13-14,18H2,1-2H3. The van der Waals surface area contributed by atoms with Gasteiger partial charge in [0.1, 0.15) is 7.14 Å². The molecule has 0 aliphatic heterocycles. The van der Waals surface area contributed by atoms with Gasteiger partial charge in [-0.3, -0.25) is 0 Å². The second-order valence-corrected chi connectivity index (χ2v) is 8.77. The normalized spacial score (nSPS) is 12.3. The molecule has 0 heterocycles. The maximum atomic E-state index is 13.7. The SMILES string of the molecule is CC(C)(CN)CP(=O)(c1ccccc1)c1ccccc1. The molecule has 0 amide bonds. The van der Waals surface area contributed by atoms with E-state index in [4.69, 9.17) is 5.73 Å². The van der Waals surface area contributed by atoms with E-state index in [1.165, 1.54) is 0 Å². The zero-order chi connectivity index (χ0) is 14.6. The first-order valence-corrected chi connectivity index (χ1v) is 8.77. The molecule has 0 spiro atoms. The lowest BCUT2D eigenvalue weighted by atomic mass is 9.97. The second kappa shape index (κ2) is 5.95. The largest absolute Gasteiger partial charge is 0.330 e. The van der Waals surface area contributed by atoms with Gasteiger partial charge in [-0.1, -0.05) is 74.5 Å². The fourth-order valence-electron chi connectivity index (χ4n) is 2.34. The molecule has 0 aromatic heterocycles.